The molecule has 0 fully saturated rings. The number of carbonyl (C=O) groups is 2. The first-order valence-electron chi connectivity index (χ1n) is 7.82. The highest BCUT2D eigenvalue weighted by atomic mass is 35.5. The van der Waals surface area contributed by atoms with Crippen LogP contribution in [0.1, 0.15) is 26.3 Å². The predicted octanol–water partition coefficient (Wildman–Crippen LogP) is 5.49. The van der Waals surface area contributed by atoms with Crippen molar-refractivity contribution in [2.45, 2.75) is 0 Å². The van der Waals surface area contributed by atoms with E-state index in [0.29, 0.717) is 27.3 Å². The maximum absolute atomic E-state index is 12.9. The van der Waals surface area contributed by atoms with Crippen molar-refractivity contribution in [1.29, 1.82) is 0 Å². The van der Waals surface area contributed by atoms with Crippen LogP contribution in [0, 0.1) is 0 Å². The summed E-state index contributed by atoms with van der Waals surface area (Å²) in [5.74, 6) is -0.422. The normalized spacial score (nSPS) is 11.2. The second-order valence-electron chi connectivity index (χ2n) is 5.49. The van der Waals surface area contributed by atoms with Gasteiger partial charge in [-0.05, 0) is 35.9 Å². The van der Waals surface area contributed by atoms with Gasteiger partial charge in [0.25, 0.3) is 0 Å². The zero-order valence-corrected chi connectivity index (χ0v) is 14.1. The van der Waals surface area contributed by atoms with E-state index in [2.05, 4.69) is 0 Å². The Morgan fingerprint density at radius 1 is 0.640 bits per heavy atom. The first-order valence-corrected chi connectivity index (χ1v) is 8.20. The molecule has 0 saturated heterocycles. The molecule has 3 aromatic carbocycles. The number of benzene rings is 3. The molecule has 25 heavy (non-hydrogen) atoms. The monoisotopic (exact) mass is 346 g/mol. The van der Waals surface area contributed by atoms with Crippen LogP contribution in [-0.2, 0) is 0 Å². The average molecular weight is 347 g/mol. The second kappa shape index (κ2) is 7.73. The Bertz CT molecular complexity index is 911. The van der Waals surface area contributed by atoms with Gasteiger partial charge in [0.2, 0.25) is 0 Å². The topological polar surface area (TPSA) is 34.1 Å². The highest BCUT2D eigenvalue weighted by Crippen LogP contribution is 2.21. The summed E-state index contributed by atoms with van der Waals surface area (Å²) in [7, 11) is 0. The number of rotatable bonds is 5. The van der Waals surface area contributed by atoms with Gasteiger partial charge in [0.1, 0.15) is 0 Å². The molecule has 0 unspecified atom stereocenters. The fourth-order valence-corrected chi connectivity index (χ4v) is 2.60. The van der Waals surface area contributed by atoms with Gasteiger partial charge in [-0.1, -0.05) is 72.3 Å². The Hall–Kier alpha value is -2.97. The highest BCUT2D eigenvalue weighted by molar-refractivity contribution is 6.33. The lowest BCUT2D eigenvalue weighted by Crippen LogP contribution is -2.06. The lowest BCUT2D eigenvalue weighted by atomic mass is 9.94. The van der Waals surface area contributed by atoms with E-state index < -0.39 is 0 Å². The standard InChI is InChI=1S/C22H15ClO2/c23-19-13-11-17(12-14-19)21(24)15-20(16-7-3-1-4-8-16)22(25)18-9-5-2-6-10-18/h1-15H. The molecule has 3 aromatic rings. The third-order valence-corrected chi connectivity index (χ3v) is 4.02. The van der Waals surface area contributed by atoms with E-state index in [-0.39, 0.29) is 11.6 Å². The molecule has 0 N–H and O–H groups in total. The zero-order chi connectivity index (χ0) is 17.6. The van der Waals surface area contributed by atoms with E-state index in [4.69, 9.17) is 11.6 Å². The van der Waals surface area contributed by atoms with Gasteiger partial charge >= 0.3 is 0 Å². The van der Waals surface area contributed by atoms with Gasteiger partial charge < -0.3 is 0 Å². The van der Waals surface area contributed by atoms with Crippen LogP contribution < -0.4 is 0 Å². The van der Waals surface area contributed by atoms with Gasteiger partial charge in [-0.15, -0.1) is 0 Å². The van der Waals surface area contributed by atoms with Crippen molar-refractivity contribution in [1.82, 2.24) is 0 Å². The molecule has 122 valence electrons. The molecule has 3 rings (SSSR count). The van der Waals surface area contributed by atoms with Crippen LogP contribution in [-0.4, -0.2) is 11.6 Å². The van der Waals surface area contributed by atoms with E-state index in [1.165, 1.54) is 6.08 Å². The SMILES string of the molecule is O=C(C=C(C(=O)c1ccccc1)c1ccccc1)c1ccc(Cl)cc1. The van der Waals surface area contributed by atoms with E-state index in [1.54, 1.807) is 48.5 Å². The smallest absolute Gasteiger partial charge is 0.193 e. The van der Waals surface area contributed by atoms with Crippen LogP contribution in [0.5, 0.6) is 0 Å². The van der Waals surface area contributed by atoms with Crippen molar-refractivity contribution in [2.75, 3.05) is 0 Å². The van der Waals surface area contributed by atoms with Gasteiger partial charge in [-0.25, -0.2) is 0 Å². The number of halogens is 1. The van der Waals surface area contributed by atoms with Crippen molar-refractivity contribution in [3.8, 4) is 0 Å². The maximum Gasteiger partial charge on any atom is 0.193 e. The van der Waals surface area contributed by atoms with Crippen molar-refractivity contribution >= 4 is 28.7 Å². The summed E-state index contributed by atoms with van der Waals surface area (Å²) in [6.07, 6.45) is 1.40. The molecule has 2 nitrogen and oxygen atoms in total. The molecule has 0 radical (unpaired) electrons. The van der Waals surface area contributed by atoms with Crippen LogP contribution in [0.2, 0.25) is 5.02 Å². The quantitative estimate of drug-likeness (QED) is 0.452. The van der Waals surface area contributed by atoms with Crippen molar-refractivity contribution < 1.29 is 9.59 Å². The Morgan fingerprint density at radius 2 is 1.16 bits per heavy atom. The molecule has 0 aromatic heterocycles. The molecule has 0 heterocycles. The molecule has 3 heteroatoms. The largest absolute Gasteiger partial charge is 0.289 e. The molecule has 0 aliphatic rings. The van der Waals surface area contributed by atoms with Crippen LogP contribution in [0.4, 0.5) is 0 Å². The molecule has 0 spiro atoms. The molecular formula is C22H15ClO2. The lowest BCUT2D eigenvalue weighted by Gasteiger charge is -2.07. The first kappa shape index (κ1) is 16.9. The van der Waals surface area contributed by atoms with Gasteiger partial charge in [-0.2, -0.15) is 0 Å². The molecule has 0 amide bonds. The fourth-order valence-electron chi connectivity index (χ4n) is 2.47. The van der Waals surface area contributed by atoms with E-state index in [0.717, 1.165) is 0 Å². The minimum absolute atomic E-state index is 0.186. The van der Waals surface area contributed by atoms with Gasteiger partial charge in [-0.3, -0.25) is 9.59 Å². The highest BCUT2D eigenvalue weighted by Gasteiger charge is 2.16. The Labute approximate surface area is 151 Å². The zero-order valence-electron chi connectivity index (χ0n) is 13.4. The van der Waals surface area contributed by atoms with Crippen molar-refractivity contribution in [3.05, 3.63) is 113 Å². The van der Waals surface area contributed by atoms with E-state index in [1.807, 2.05) is 36.4 Å². The maximum atomic E-state index is 12.9. The number of carbonyl (C=O) groups excluding carboxylic acids is 2. The number of allylic oxidation sites excluding steroid dienone is 2. The predicted molar refractivity (Wildman–Crippen MR) is 101 cm³/mol. The molecule has 0 aliphatic heterocycles. The molecule has 0 atom stereocenters. The Kier molecular flexibility index (Phi) is 5.22. The molecule has 0 saturated carbocycles. The summed E-state index contributed by atoms with van der Waals surface area (Å²) in [6, 6.07) is 24.7. The number of ketones is 2. The third kappa shape index (κ3) is 4.11. The van der Waals surface area contributed by atoms with Crippen molar-refractivity contribution in [2.24, 2.45) is 0 Å². The summed E-state index contributed by atoms with van der Waals surface area (Å²) >= 11 is 5.87. The summed E-state index contributed by atoms with van der Waals surface area (Å²) in [6.45, 7) is 0. The number of hydrogen-bond acceptors (Lipinski definition) is 2. The van der Waals surface area contributed by atoms with Crippen molar-refractivity contribution in [3.63, 3.8) is 0 Å². The summed E-state index contributed by atoms with van der Waals surface area (Å²) in [5, 5.41) is 0.559. The lowest BCUT2D eigenvalue weighted by molar-refractivity contribution is 0.102. The van der Waals surface area contributed by atoms with E-state index in [9.17, 15) is 9.59 Å². The van der Waals surface area contributed by atoms with Crippen LogP contribution >= 0.6 is 11.6 Å². The number of hydrogen-bond donors (Lipinski definition) is 0. The third-order valence-electron chi connectivity index (χ3n) is 3.77. The molecular weight excluding hydrogens is 332 g/mol. The van der Waals surface area contributed by atoms with Gasteiger partial charge in [0.15, 0.2) is 11.6 Å². The van der Waals surface area contributed by atoms with Gasteiger partial charge in [0, 0.05) is 21.7 Å². The van der Waals surface area contributed by atoms with Crippen LogP contribution in [0.3, 0.4) is 0 Å². The Balaban J connectivity index is 2.03. The summed E-state index contributed by atoms with van der Waals surface area (Å²) < 4.78 is 0. The van der Waals surface area contributed by atoms with Crippen LogP contribution in [0.25, 0.3) is 5.57 Å². The summed E-state index contributed by atoms with van der Waals surface area (Å²) in [4.78, 5) is 25.5. The fraction of sp³-hybridized carbons (Fsp3) is 0. The molecule has 0 bridgehead atoms. The summed E-state index contributed by atoms with van der Waals surface area (Å²) in [5.41, 5.74) is 2.10. The Morgan fingerprint density at radius 3 is 1.72 bits per heavy atom. The second-order valence-corrected chi connectivity index (χ2v) is 5.93. The minimum Gasteiger partial charge on any atom is -0.289 e. The average Bonchev–Trinajstić information content (AvgIpc) is 2.67. The van der Waals surface area contributed by atoms with Crippen LogP contribution in [0.15, 0.2) is 91.0 Å². The first-order chi connectivity index (χ1) is 12.1. The molecule has 0 aliphatic carbocycles. The number of Topliss-reactive ketones (excluding diaryl/α,β-unsaturated/α-hetero) is 1. The van der Waals surface area contributed by atoms with E-state index >= 15 is 0 Å². The van der Waals surface area contributed by atoms with Gasteiger partial charge in [0.05, 0.1) is 0 Å². The minimum atomic E-state index is -0.236.